The van der Waals surface area contributed by atoms with Crippen molar-refractivity contribution in [1.82, 2.24) is 15.5 Å². The van der Waals surface area contributed by atoms with Gasteiger partial charge in [0.15, 0.2) is 0 Å². The Morgan fingerprint density at radius 3 is 2.90 bits per heavy atom. The number of nitrogens with one attached hydrogen (secondary N) is 1. The van der Waals surface area contributed by atoms with Gasteiger partial charge in [0.25, 0.3) is 0 Å². The molecule has 0 amide bonds. The van der Waals surface area contributed by atoms with Gasteiger partial charge in [-0.15, -0.1) is 21.5 Å². The predicted octanol–water partition coefficient (Wildman–Crippen LogP) is 3.96. The van der Waals surface area contributed by atoms with E-state index in [1.807, 2.05) is 0 Å². The molecule has 20 heavy (non-hydrogen) atoms. The Morgan fingerprint density at radius 2 is 2.05 bits per heavy atom. The van der Waals surface area contributed by atoms with Crippen molar-refractivity contribution in [3.05, 3.63) is 34.7 Å². The highest BCUT2D eigenvalue weighted by molar-refractivity contribution is 7.19. The van der Waals surface area contributed by atoms with Crippen molar-refractivity contribution in [2.45, 2.75) is 26.3 Å². The molecule has 1 N–H and O–H groups in total. The first-order valence-electron chi connectivity index (χ1n) is 6.76. The highest BCUT2D eigenvalue weighted by atomic mass is 32.1. The molecule has 3 aromatic rings. The van der Waals surface area contributed by atoms with Crippen molar-refractivity contribution in [3.8, 4) is 10.6 Å². The van der Waals surface area contributed by atoms with E-state index >= 15 is 0 Å². The van der Waals surface area contributed by atoms with Crippen molar-refractivity contribution in [1.29, 1.82) is 0 Å². The second kappa shape index (κ2) is 5.99. The zero-order valence-electron chi connectivity index (χ0n) is 11.6. The van der Waals surface area contributed by atoms with Gasteiger partial charge in [0.2, 0.25) is 0 Å². The van der Waals surface area contributed by atoms with Gasteiger partial charge in [-0.25, -0.2) is 0 Å². The molecule has 2 aromatic heterocycles. The van der Waals surface area contributed by atoms with E-state index in [0.29, 0.717) is 6.04 Å². The molecule has 3 nitrogen and oxygen atoms in total. The maximum Gasteiger partial charge on any atom is 0.149 e. The van der Waals surface area contributed by atoms with Crippen LogP contribution in [0.2, 0.25) is 0 Å². The third kappa shape index (κ3) is 2.90. The molecule has 0 saturated carbocycles. The molecule has 2 heterocycles. The van der Waals surface area contributed by atoms with Crippen LogP contribution in [0.3, 0.4) is 0 Å². The minimum atomic E-state index is 0.517. The van der Waals surface area contributed by atoms with Gasteiger partial charge in [-0.2, -0.15) is 0 Å². The van der Waals surface area contributed by atoms with Crippen LogP contribution >= 0.6 is 22.7 Å². The summed E-state index contributed by atoms with van der Waals surface area (Å²) in [6.07, 6.45) is 0.942. The maximum atomic E-state index is 4.35. The fourth-order valence-corrected chi connectivity index (χ4v) is 3.96. The Balaban J connectivity index is 1.79. The van der Waals surface area contributed by atoms with Crippen LogP contribution in [-0.4, -0.2) is 22.8 Å². The van der Waals surface area contributed by atoms with E-state index in [2.05, 4.69) is 59.0 Å². The van der Waals surface area contributed by atoms with Crippen LogP contribution < -0.4 is 5.32 Å². The number of rotatable bonds is 5. The second-order valence-electron chi connectivity index (χ2n) is 5.01. The summed E-state index contributed by atoms with van der Waals surface area (Å²) in [6, 6.07) is 8.97. The first-order valence-corrected chi connectivity index (χ1v) is 8.46. The van der Waals surface area contributed by atoms with Crippen LogP contribution in [0, 0.1) is 0 Å². The van der Waals surface area contributed by atoms with Gasteiger partial charge >= 0.3 is 0 Å². The van der Waals surface area contributed by atoms with E-state index in [9.17, 15) is 0 Å². The maximum absolute atomic E-state index is 4.35. The Bertz CT molecular complexity index is 700. The van der Waals surface area contributed by atoms with E-state index in [-0.39, 0.29) is 0 Å². The molecular formula is C15H17N3S2. The summed E-state index contributed by atoms with van der Waals surface area (Å²) in [7, 11) is 0. The normalized spacial score (nSPS) is 11.6. The van der Waals surface area contributed by atoms with Gasteiger partial charge in [0, 0.05) is 40.0 Å². The molecule has 0 bridgehead atoms. The molecule has 0 aliphatic rings. The summed E-state index contributed by atoms with van der Waals surface area (Å²) in [4.78, 5) is 0. The average Bonchev–Trinajstić information content (AvgIpc) is 3.04. The average molecular weight is 303 g/mol. The second-order valence-corrected chi connectivity index (χ2v) is 6.98. The Labute approximate surface area is 126 Å². The highest BCUT2D eigenvalue weighted by Crippen LogP contribution is 2.35. The SMILES string of the molecule is CC(C)NCCc1nnc(-c2csc3ccccc23)s1. The number of hydrogen-bond donors (Lipinski definition) is 1. The number of hydrogen-bond acceptors (Lipinski definition) is 5. The largest absolute Gasteiger partial charge is 0.314 e. The molecule has 0 spiro atoms. The molecule has 0 atom stereocenters. The topological polar surface area (TPSA) is 37.8 Å². The molecule has 0 unspecified atom stereocenters. The number of nitrogens with zero attached hydrogens (tertiary/aromatic N) is 2. The van der Waals surface area contributed by atoms with Gasteiger partial charge in [-0.3, -0.25) is 0 Å². The minimum absolute atomic E-state index is 0.517. The quantitative estimate of drug-likeness (QED) is 0.775. The molecule has 104 valence electrons. The Kier molecular flexibility index (Phi) is 4.10. The molecule has 3 rings (SSSR count). The monoisotopic (exact) mass is 303 g/mol. The van der Waals surface area contributed by atoms with Gasteiger partial charge in [-0.1, -0.05) is 43.4 Å². The van der Waals surface area contributed by atoms with E-state index in [4.69, 9.17) is 0 Å². The van der Waals surface area contributed by atoms with Crippen LogP contribution in [0.25, 0.3) is 20.7 Å². The lowest BCUT2D eigenvalue weighted by atomic mass is 10.2. The van der Waals surface area contributed by atoms with E-state index in [1.54, 1.807) is 22.7 Å². The zero-order chi connectivity index (χ0) is 13.9. The van der Waals surface area contributed by atoms with E-state index < -0.39 is 0 Å². The van der Waals surface area contributed by atoms with Crippen LogP contribution in [0.1, 0.15) is 18.9 Å². The summed E-state index contributed by atoms with van der Waals surface area (Å²) < 4.78 is 1.31. The molecule has 0 aliphatic carbocycles. The third-order valence-electron chi connectivity index (χ3n) is 3.07. The first kappa shape index (κ1) is 13.7. The van der Waals surface area contributed by atoms with Crippen molar-refractivity contribution in [2.75, 3.05) is 6.54 Å². The van der Waals surface area contributed by atoms with Crippen LogP contribution in [-0.2, 0) is 6.42 Å². The smallest absolute Gasteiger partial charge is 0.149 e. The highest BCUT2D eigenvalue weighted by Gasteiger charge is 2.11. The standard InChI is InChI=1S/C15H17N3S2/c1-10(2)16-8-7-14-17-18-15(20-14)12-9-19-13-6-4-3-5-11(12)13/h3-6,9-10,16H,7-8H2,1-2H3. The molecule has 0 fully saturated rings. The lowest BCUT2D eigenvalue weighted by Gasteiger charge is -2.04. The number of benzene rings is 1. The van der Waals surface area contributed by atoms with Gasteiger partial charge in [0.1, 0.15) is 10.0 Å². The lowest BCUT2D eigenvalue weighted by Crippen LogP contribution is -2.24. The summed E-state index contributed by atoms with van der Waals surface area (Å²) in [5.74, 6) is 0. The van der Waals surface area contributed by atoms with Gasteiger partial charge < -0.3 is 5.32 Å². The number of thiophene rings is 1. The number of aromatic nitrogens is 2. The van der Waals surface area contributed by atoms with Crippen molar-refractivity contribution >= 4 is 32.8 Å². The fourth-order valence-electron chi connectivity index (χ4n) is 2.07. The van der Waals surface area contributed by atoms with Gasteiger partial charge in [0.05, 0.1) is 0 Å². The molecule has 1 aromatic carbocycles. The summed E-state index contributed by atoms with van der Waals surface area (Å²) in [5.41, 5.74) is 1.21. The molecule has 0 radical (unpaired) electrons. The van der Waals surface area contributed by atoms with Crippen LogP contribution in [0.5, 0.6) is 0 Å². The summed E-state index contributed by atoms with van der Waals surface area (Å²) >= 11 is 3.47. The van der Waals surface area contributed by atoms with E-state index in [0.717, 1.165) is 23.0 Å². The molecule has 0 aliphatic heterocycles. The Hall–Kier alpha value is -1.30. The van der Waals surface area contributed by atoms with Crippen LogP contribution in [0.15, 0.2) is 29.6 Å². The predicted molar refractivity (Wildman–Crippen MR) is 87.6 cm³/mol. The van der Waals surface area contributed by atoms with Crippen molar-refractivity contribution in [3.63, 3.8) is 0 Å². The van der Waals surface area contributed by atoms with E-state index in [1.165, 1.54) is 15.6 Å². The van der Waals surface area contributed by atoms with Crippen molar-refractivity contribution < 1.29 is 0 Å². The fraction of sp³-hybridized carbons (Fsp3) is 0.333. The molecular weight excluding hydrogens is 286 g/mol. The zero-order valence-corrected chi connectivity index (χ0v) is 13.2. The molecule has 0 saturated heterocycles. The molecule has 5 heteroatoms. The van der Waals surface area contributed by atoms with Crippen LogP contribution in [0.4, 0.5) is 0 Å². The van der Waals surface area contributed by atoms with Crippen molar-refractivity contribution in [2.24, 2.45) is 0 Å². The van der Waals surface area contributed by atoms with Gasteiger partial charge in [-0.05, 0) is 6.07 Å². The lowest BCUT2D eigenvalue weighted by molar-refractivity contribution is 0.588. The number of fused-ring (bicyclic) bond motifs is 1. The Morgan fingerprint density at radius 1 is 1.20 bits per heavy atom. The summed E-state index contributed by atoms with van der Waals surface area (Å²) in [6.45, 7) is 5.27. The third-order valence-corrected chi connectivity index (χ3v) is 5.05. The summed E-state index contributed by atoms with van der Waals surface area (Å²) in [5, 5.41) is 17.7. The minimum Gasteiger partial charge on any atom is -0.314 e. The first-order chi connectivity index (χ1) is 9.74.